The van der Waals surface area contributed by atoms with Gasteiger partial charge in [0.05, 0.1) is 12.7 Å². The van der Waals surface area contributed by atoms with Crippen molar-refractivity contribution in [1.82, 2.24) is 0 Å². The molecular formula is C7H18O5Si2. The Bertz CT molecular complexity index is 152. The molecule has 14 heavy (non-hydrogen) atoms. The first-order valence-electron chi connectivity index (χ1n) is 4.61. The van der Waals surface area contributed by atoms with Gasteiger partial charge in [0.1, 0.15) is 6.23 Å². The Kier molecular flexibility index (Phi) is 5.24. The summed E-state index contributed by atoms with van der Waals surface area (Å²) in [5.74, 6) is 0. The van der Waals surface area contributed by atoms with E-state index in [1.165, 1.54) is 0 Å². The second-order valence-electron chi connectivity index (χ2n) is 3.09. The number of hydrogen-bond donors (Lipinski definition) is 0. The number of ether oxygens (including phenoxy) is 1. The molecule has 0 aromatic heterocycles. The van der Waals surface area contributed by atoms with Crippen LogP contribution in [0, 0.1) is 0 Å². The molecule has 0 aromatic carbocycles. The molecule has 1 rings (SSSR count). The Balaban J connectivity index is 2.11. The molecule has 0 saturated carbocycles. The first-order valence-corrected chi connectivity index (χ1v) is 8.12. The van der Waals surface area contributed by atoms with E-state index in [-0.39, 0.29) is 0 Å². The standard InChI is InChI=1S/C7H18O5Si2/c1-8-14(9-2,10-3)6-12-13-5-7-4-11-7/h7H,4-6,13H2,1-3H3. The fourth-order valence-corrected chi connectivity index (χ4v) is 4.27. The van der Waals surface area contributed by atoms with Crippen LogP contribution in [0.25, 0.3) is 0 Å². The SMILES string of the molecule is CO[Si](CO[SiH2]CC1CO1)(OC)OC. The molecule has 0 N–H and O–H groups in total. The van der Waals surface area contributed by atoms with Crippen LogP contribution in [0.15, 0.2) is 0 Å². The first kappa shape index (κ1) is 12.3. The maximum Gasteiger partial charge on any atom is 0.525 e. The predicted molar refractivity (Wildman–Crippen MR) is 55.8 cm³/mol. The lowest BCUT2D eigenvalue weighted by molar-refractivity contribution is 0.101. The van der Waals surface area contributed by atoms with Crippen LogP contribution in [0.5, 0.6) is 0 Å². The minimum Gasteiger partial charge on any atom is -0.419 e. The molecule has 0 aliphatic carbocycles. The van der Waals surface area contributed by atoms with E-state index in [9.17, 15) is 0 Å². The van der Waals surface area contributed by atoms with Crippen LogP contribution in [-0.4, -0.2) is 58.8 Å². The Morgan fingerprint density at radius 2 is 1.86 bits per heavy atom. The third-order valence-corrected chi connectivity index (χ3v) is 6.40. The predicted octanol–water partition coefficient (Wildman–Crippen LogP) is -0.679. The highest BCUT2D eigenvalue weighted by Crippen LogP contribution is 2.13. The van der Waals surface area contributed by atoms with Crippen LogP contribution in [0.3, 0.4) is 0 Å². The van der Waals surface area contributed by atoms with Gasteiger partial charge in [0, 0.05) is 21.3 Å². The van der Waals surface area contributed by atoms with Crippen LogP contribution in [0.4, 0.5) is 0 Å². The molecule has 0 aromatic rings. The summed E-state index contributed by atoms with van der Waals surface area (Å²) in [5, 5.41) is 0. The van der Waals surface area contributed by atoms with Gasteiger partial charge in [0.25, 0.3) is 0 Å². The van der Waals surface area contributed by atoms with Crippen molar-refractivity contribution in [3.05, 3.63) is 0 Å². The van der Waals surface area contributed by atoms with Gasteiger partial charge in [-0.2, -0.15) is 0 Å². The lowest BCUT2D eigenvalue weighted by Crippen LogP contribution is -2.48. The van der Waals surface area contributed by atoms with Gasteiger partial charge in [-0.1, -0.05) is 0 Å². The number of hydrogen-bond acceptors (Lipinski definition) is 5. The van der Waals surface area contributed by atoms with Gasteiger partial charge in [-0.25, -0.2) is 0 Å². The zero-order valence-corrected chi connectivity index (χ0v) is 11.4. The zero-order chi connectivity index (χ0) is 10.4. The summed E-state index contributed by atoms with van der Waals surface area (Å²) in [5.41, 5.74) is 0. The molecule has 1 saturated heterocycles. The second kappa shape index (κ2) is 5.96. The molecule has 0 spiro atoms. The van der Waals surface area contributed by atoms with Crippen molar-refractivity contribution in [2.45, 2.75) is 12.1 Å². The molecule has 84 valence electrons. The van der Waals surface area contributed by atoms with E-state index in [0.717, 1.165) is 12.7 Å². The van der Waals surface area contributed by atoms with Gasteiger partial charge in [-0.15, -0.1) is 0 Å². The van der Waals surface area contributed by atoms with E-state index in [0.29, 0.717) is 12.3 Å². The number of epoxide rings is 1. The minimum atomic E-state index is -2.50. The summed E-state index contributed by atoms with van der Waals surface area (Å²) in [4.78, 5) is 0. The van der Waals surface area contributed by atoms with Crippen LogP contribution < -0.4 is 0 Å². The molecule has 1 aliphatic heterocycles. The Morgan fingerprint density at radius 1 is 1.29 bits per heavy atom. The quantitative estimate of drug-likeness (QED) is 0.319. The summed E-state index contributed by atoms with van der Waals surface area (Å²) < 4.78 is 26.3. The Labute approximate surface area is 87.9 Å². The Hall–Kier alpha value is 0.234. The van der Waals surface area contributed by atoms with Gasteiger partial charge in [0.15, 0.2) is 9.76 Å². The van der Waals surface area contributed by atoms with E-state index < -0.39 is 18.6 Å². The van der Waals surface area contributed by atoms with E-state index >= 15 is 0 Å². The fourth-order valence-electron chi connectivity index (χ4n) is 1.07. The van der Waals surface area contributed by atoms with Crippen molar-refractivity contribution in [3.63, 3.8) is 0 Å². The van der Waals surface area contributed by atoms with Crippen molar-refractivity contribution in [2.24, 2.45) is 0 Å². The Morgan fingerprint density at radius 3 is 2.29 bits per heavy atom. The van der Waals surface area contributed by atoms with E-state index in [4.69, 9.17) is 22.4 Å². The summed E-state index contributed by atoms with van der Waals surface area (Å²) >= 11 is 0. The normalized spacial score (nSPS) is 22.1. The van der Waals surface area contributed by atoms with Crippen LogP contribution in [0.1, 0.15) is 0 Å². The molecule has 1 aliphatic rings. The van der Waals surface area contributed by atoms with E-state index in [1.54, 1.807) is 21.3 Å². The van der Waals surface area contributed by atoms with Crippen molar-refractivity contribution < 1.29 is 22.4 Å². The molecule has 7 heteroatoms. The largest absolute Gasteiger partial charge is 0.525 e. The summed E-state index contributed by atoms with van der Waals surface area (Å²) in [7, 11) is 1.77. The van der Waals surface area contributed by atoms with Gasteiger partial charge < -0.3 is 22.4 Å². The van der Waals surface area contributed by atoms with Crippen LogP contribution in [0.2, 0.25) is 6.04 Å². The van der Waals surface area contributed by atoms with Gasteiger partial charge in [-0.3, -0.25) is 0 Å². The van der Waals surface area contributed by atoms with Crippen molar-refractivity contribution in [2.75, 3.05) is 34.2 Å². The van der Waals surface area contributed by atoms with Gasteiger partial charge in [0.2, 0.25) is 0 Å². The lowest BCUT2D eigenvalue weighted by atomic mass is 10.6. The summed E-state index contributed by atoms with van der Waals surface area (Å²) in [6, 6.07) is 1.07. The average molecular weight is 238 g/mol. The summed E-state index contributed by atoms with van der Waals surface area (Å²) in [6.07, 6.45) is 0.917. The first-order chi connectivity index (χ1) is 6.76. The monoisotopic (exact) mass is 238 g/mol. The van der Waals surface area contributed by atoms with Crippen LogP contribution in [-0.2, 0) is 22.4 Å². The third-order valence-electron chi connectivity index (χ3n) is 2.20. The van der Waals surface area contributed by atoms with Crippen LogP contribution >= 0.6 is 0 Å². The highest BCUT2D eigenvalue weighted by atomic mass is 28.4. The topological polar surface area (TPSA) is 49.5 Å². The molecular weight excluding hydrogens is 220 g/mol. The zero-order valence-electron chi connectivity index (χ0n) is 8.95. The molecule has 1 fully saturated rings. The maximum atomic E-state index is 5.57. The third kappa shape index (κ3) is 3.77. The van der Waals surface area contributed by atoms with Crippen molar-refractivity contribution in [3.8, 4) is 0 Å². The van der Waals surface area contributed by atoms with E-state index in [1.807, 2.05) is 0 Å². The van der Waals surface area contributed by atoms with Crippen molar-refractivity contribution >= 4 is 18.6 Å². The molecule has 0 amide bonds. The van der Waals surface area contributed by atoms with Gasteiger partial charge in [-0.05, 0) is 6.04 Å². The van der Waals surface area contributed by atoms with E-state index in [2.05, 4.69) is 0 Å². The average Bonchev–Trinajstić information content (AvgIpc) is 3.03. The lowest BCUT2D eigenvalue weighted by Gasteiger charge is -2.24. The second-order valence-corrected chi connectivity index (χ2v) is 7.37. The minimum absolute atomic E-state index is 0.454. The highest BCUT2D eigenvalue weighted by molar-refractivity contribution is 6.61. The molecule has 5 nitrogen and oxygen atoms in total. The van der Waals surface area contributed by atoms with Gasteiger partial charge >= 0.3 is 8.80 Å². The molecule has 1 unspecified atom stereocenters. The maximum absolute atomic E-state index is 5.57. The molecule has 1 atom stereocenters. The molecule has 0 radical (unpaired) electrons. The highest BCUT2D eigenvalue weighted by Gasteiger charge is 2.38. The fraction of sp³-hybridized carbons (Fsp3) is 1.00. The smallest absolute Gasteiger partial charge is 0.419 e. The molecule has 1 heterocycles. The van der Waals surface area contributed by atoms with Crippen molar-refractivity contribution in [1.29, 1.82) is 0 Å². The summed E-state index contributed by atoms with van der Waals surface area (Å²) in [6.45, 7) is 0.901. The molecule has 0 bridgehead atoms. The number of rotatable bonds is 8.